The number of nitrogens with zero attached hydrogens (tertiary/aromatic N) is 1. The molecule has 2 heterocycles. The average molecular weight is 367 g/mol. The molecule has 1 unspecified atom stereocenters. The summed E-state index contributed by atoms with van der Waals surface area (Å²) in [5.41, 5.74) is 1.00. The monoisotopic (exact) mass is 366 g/mol. The smallest absolute Gasteiger partial charge is 0.263 e. The van der Waals surface area contributed by atoms with Gasteiger partial charge in [-0.1, -0.05) is 28.1 Å². The minimum atomic E-state index is -0.108. The van der Waals surface area contributed by atoms with Crippen LogP contribution >= 0.6 is 39.5 Å². The molecule has 3 aromatic rings. The van der Waals surface area contributed by atoms with E-state index in [-0.39, 0.29) is 11.6 Å². The second-order valence-corrected chi connectivity index (χ2v) is 6.71. The third-order valence-electron chi connectivity index (χ3n) is 3.29. The van der Waals surface area contributed by atoms with Crippen molar-refractivity contribution in [1.82, 2.24) is 9.55 Å². The molecule has 20 heavy (non-hydrogen) atoms. The van der Waals surface area contributed by atoms with Crippen molar-refractivity contribution in [2.75, 3.05) is 0 Å². The van der Waals surface area contributed by atoms with Gasteiger partial charge in [0, 0.05) is 4.47 Å². The number of hydrogen-bond donors (Lipinski definition) is 1. The van der Waals surface area contributed by atoms with Gasteiger partial charge in [0.2, 0.25) is 0 Å². The molecule has 2 aromatic heterocycles. The molecule has 102 valence electrons. The minimum absolute atomic E-state index is 0.0413. The topological polar surface area (TPSA) is 37.8 Å². The lowest BCUT2D eigenvalue weighted by molar-refractivity contribution is 0.600. The summed E-state index contributed by atoms with van der Waals surface area (Å²) in [5.74, 6) is 0. The van der Waals surface area contributed by atoms with Gasteiger partial charge in [0.1, 0.15) is 4.83 Å². The fourth-order valence-electron chi connectivity index (χ4n) is 2.20. The predicted molar refractivity (Wildman–Crippen MR) is 89.2 cm³/mol. The Labute approximate surface area is 133 Å². The van der Waals surface area contributed by atoms with Gasteiger partial charge in [-0.25, -0.2) is 0 Å². The van der Waals surface area contributed by atoms with Crippen LogP contribution in [0.25, 0.3) is 10.2 Å². The van der Waals surface area contributed by atoms with E-state index >= 15 is 0 Å². The highest BCUT2D eigenvalue weighted by atomic mass is 79.9. The first-order chi connectivity index (χ1) is 9.58. The molecule has 1 N–H and O–H groups in total. The van der Waals surface area contributed by atoms with Crippen LogP contribution in [-0.2, 0) is 0 Å². The van der Waals surface area contributed by atoms with E-state index in [0.29, 0.717) is 10.2 Å². The zero-order valence-electron chi connectivity index (χ0n) is 10.6. The maximum absolute atomic E-state index is 12.6. The maximum Gasteiger partial charge on any atom is 0.263 e. The third kappa shape index (κ3) is 2.28. The lowest BCUT2D eigenvalue weighted by Crippen LogP contribution is -2.25. The van der Waals surface area contributed by atoms with Crippen LogP contribution in [-0.4, -0.2) is 9.55 Å². The van der Waals surface area contributed by atoms with Crippen molar-refractivity contribution in [2.45, 2.75) is 13.0 Å². The number of nitrogens with one attached hydrogen (secondary N) is 1. The van der Waals surface area contributed by atoms with Gasteiger partial charge in [-0.2, -0.15) is 0 Å². The number of halogens is 1. The summed E-state index contributed by atoms with van der Waals surface area (Å²) in [5, 5.41) is 2.58. The van der Waals surface area contributed by atoms with E-state index in [2.05, 4.69) is 20.9 Å². The number of aromatic nitrogens is 2. The number of fused-ring (bicyclic) bond motifs is 1. The molecule has 0 aliphatic heterocycles. The zero-order chi connectivity index (χ0) is 14.3. The fraction of sp³-hybridized carbons (Fsp3) is 0.143. The Bertz CT molecular complexity index is 877. The van der Waals surface area contributed by atoms with Crippen molar-refractivity contribution in [3.05, 3.63) is 60.9 Å². The predicted octanol–water partition coefficient (Wildman–Crippen LogP) is 4.49. The Morgan fingerprint density at radius 3 is 2.70 bits per heavy atom. The van der Waals surface area contributed by atoms with Crippen LogP contribution in [0.3, 0.4) is 0 Å². The van der Waals surface area contributed by atoms with Crippen molar-refractivity contribution in [1.29, 1.82) is 0 Å². The summed E-state index contributed by atoms with van der Waals surface area (Å²) < 4.78 is 3.10. The van der Waals surface area contributed by atoms with E-state index in [1.807, 2.05) is 42.6 Å². The molecule has 3 rings (SSSR count). The molecule has 0 spiro atoms. The summed E-state index contributed by atoms with van der Waals surface area (Å²) in [4.78, 5) is 16.5. The molecule has 1 aromatic carbocycles. The lowest BCUT2D eigenvalue weighted by atomic mass is 10.1. The highest BCUT2D eigenvalue weighted by molar-refractivity contribution is 9.10. The average Bonchev–Trinajstić information content (AvgIpc) is 2.87. The number of rotatable bonds is 2. The molecular formula is C14H11BrN2OS2. The van der Waals surface area contributed by atoms with Gasteiger partial charge >= 0.3 is 0 Å². The molecule has 3 nitrogen and oxygen atoms in total. The fourth-order valence-corrected chi connectivity index (χ4v) is 3.65. The number of H-pyrrole nitrogens is 1. The SMILES string of the molecule is CC(c1ccc(Br)cc1)n1c(=S)[nH]c2sccc2c1=O. The molecule has 1 atom stereocenters. The highest BCUT2D eigenvalue weighted by Crippen LogP contribution is 2.21. The van der Waals surface area contributed by atoms with Crippen molar-refractivity contribution < 1.29 is 0 Å². The zero-order valence-corrected chi connectivity index (χ0v) is 13.8. The first kappa shape index (κ1) is 13.7. The molecule has 0 bridgehead atoms. The van der Waals surface area contributed by atoms with Crippen LogP contribution in [0, 0.1) is 4.77 Å². The van der Waals surface area contributed by atoms with Gasteiger partial charge in [0.25, 0.3) is 5.56 Å². The molecule has 0 aliphatic carbocycles. The molecule has 0 radical (unpaired) electrons. The van der Waals surface area contributed by atoms with Crippen LogP contribution < -0.4 is 5.56 Å². The van der Waals surface area contributed by atoms with Gasteiger partial charge in [-0.15, -0.1) is 11.3 Å². The van der Waals surface area contributed by atoms with Crippen molar-refractivity contribution in [3.63, 3.8) is 0 Å². The van der Waals surface area contributed by atoms with Gasteiger partial charge < -0.3 is 4.98 Å². The molecule has 0 aliphatic rings. The molecule has 6 heteroatoms. The molecule has 0 amide bonds. The van der Waals surface area contributed by atoms with Crippen LogP contribution in [0.15, 0.2) is 45.0 Å². The summed E-state index contributed by atoms with van der Waals surface area (Å²) in [6, 6.07) is 9.64. The van der Waals surface area contributed by atoms with Crippen LogP contribution in [0.4, 0.5) is 0 Å². The first-order valence-corrected chi connectivity index (χ1v) is 8.13. The number of hydrogen-bond acceptors (Lipinski definition) is 3. The van der Waals surface area contributed by atoms with E-state index in [0.717, 1.165) is 14.9 Å². The standard InChI is InChI=1S/C14H11BrN2OS2/c1-8(9-2-4-10(15)5-3-9)17-13(18)11-6-7-20-12(11)16-14(17)19/h2-8H,1H3,(H,16,19). The number of thiophene rings is 1. The summed E-state index contributed by atoms with van der Waals surface area (Å²) >= 11 is 10.2. The van der Waals surface area contributed by atoms with Gasteiger partial charge in [0.15, 0.2) is 4.77 Å². The number of benzene rings is 1. The van der Waals surface area contributed by atoms with E-state index < -0.39 is 0 Å². The van der Waals surface area contributed by atoms with Crippen molar-refractivity contribution in [3.8, 4) is 0 Å². The summed E-state index contributed by atoms with van der Waals surface area (Å²) in [6.07, 6.45) is 0. The largest absolute Gasteiger partial charge is 0.323 e. The van der Waals surface area contributed by atoms with Gasteiger partial charge in [-0.05, 0) is 48.3 Å². The minimum Gasteiger partial charge on any atom is -0.323 e. The molecular weight excluding hydrogens is 356 g/mol. The normalized spacial score (nSPS) is 12.7. The Kier molecular flexibility index (Phi) is 3.62. The highest BCUT2D eigenvalue weighted by Gasteiger charge is 2.14. The van der Waals surface area contributed by atoms with E-state index in [4.69, 9.17) is 12.2 Å². The van der Waals surface area contributed by atoms with Gasteiger partial charge in [0.05, 0.1) is 11.4 Å². The Hall–Kier alpha value is -1.24. The van der Waals surface area contributed by atoms with E-state index in [1.165, 1.54) is 11.3 Å². The summed E-state index contributed by atoms with van der Waals surface area (Å²) in [6.45, 7) is 1.98. The van der Waals surface area contributed by atoms with Crippen molar-refractivity contribution in [2.24, 2.45) is 0 Å². The molecule has 0 saturated heterocycles. The Morgan fingerprint density at radius 2 is 2.00 bits per heavy atom. The summed E-state index contributed by atoms with van der Waals surface area (Å²) in [7, 11) is 0. The van der Waals surface area contributed by atoms with E-state index in [1.54, 1.807) is 4.57 Å². The second-order valence-electron chi connectivity index (χ2n) is 4.50. The lowest BCUT2D eigenvalue weighted by Gasteiger charge is -2.15. The second kappa shape index (κ2) is 5.27. The third-order valence-corrected chi connectivity index (χ3v) is 4.95. The Morgan fingerprint density at radius 1 is 1.30 bits per heavy atom. The van der Waals surface area contributed by atoms with E-state index in [9.17, 15) is 4.79 Å². The van der Waals surface area contributed by atoms with Crippen molar-refractivity contribution >= 4 is 49.7 Å². The molecule has 0 fully saturated rings. The Balaban J connectivity index is 2.21. The van der Waals surface area contributed by atoms with Crippen LogP contribution in [0.1, 0.15) is 18.5 Å². The van der Waals surface area contributed by atoms with Crippen LogP contribution in [0.2, 0.25) is 0 Å². The quantitative estimate of drug-likeness (QED) is 0.678. The van der Waals surface area contributed by atoms with Gasteiger partial charge in [-0.3, -0.25) is 9.36 Å². The first-order valence-electron chi connectivity index (χ1n) is 6.05. The maximum atomic E-state index is 12.6. The molecule has 0 saturated carbocycles. The van der Waals surface area contributed by atoms with Crippen LogP contribution in [0.5, 0.6) is 0 Å². The number of aromatic amines is 1.